The van der Waals surface area contributed by atoms with Crippen LogP contribution in [0.4, 0.5) is 5.82 Å². The van der Waals surface area contributed by atoms with Crippen LogP contribution in [0.15, 0.2) is 6.33 Å². The van der Waals surface area contributed by atoms with Crippen LogP contribution in [0.1, 0.15) is 19.4 Å². The number of hydrogen-bond acceptors (Lipinski definition) is 4. The second kappa shape index (κ2) is 5.28. The van der Waals surface area contributed by atoms with Crippen LogP contribution in [-0.4, -0.2) is 34.3 Å². The van der Waals surface area contributed by atoms with E-state index >= 15 is 0 Å². The molecule has 0 bridgehead atoms. The Balaban J connectivity index is 3.05. The minimum Gasteiger partial charge on any atom is -0.395 e. The number of aliphatic hydroxyl groups is 1. The smallest absolute Gasteiger partial charge is 0.137 e. The van der Waals surface area contributed by atoms with E-state index in [0.717, 1.165) is 11.4 Å². The van der Waals surface area contributed by atoms with E-state index in [2.05, 4.69) is 9.97 Å². The highest BCUT2D eigenvalue weighted by atomic mass is 35.5. The van der Waals surface area contributed by atoms with Crippen molar-refractivity contribution in [1.29, 1.82) is 0 Å². The van der Waals surface area contributed by atoms with Gasteiger partial charge in [0.05, 0.1) is 6.61 Å². The van der Waals surface area contributed by atoms with Gasteiger partial charge in [-0.25, -0.2) is 9.97 Å². The van der Waals surface area contributed by atoms with Gasteiger partial charge in [0, 0.05) is 18.2 Å². The van der Waals surface area contributed by atoms with E-state index < -0.39 is 0 Å². The van der Waals surface area contributed by atoms with Gasteiger partial charge in [-0.2, -0.15) is 0 Å². The molecule has 0 spiro atoms. The number of anilines is 1. The first-order chi connectivity index (χ1) is 7.07. The predicted molar refractivity (Wildman–Crippen MR) is 61.3 cm³/mol. The second-order valence-corrected chi connectivity index (χ2v) is 3.98. The number of halogens is 1. The Morgan fingerprint density at radius 2 is 2.13 bits per heavy atom. The molecule has 0 saturated heterocycles. The third kappa shape index (κ3) is 2.79. The molecule has 15 heavy (non-hydrogen) atoms. The van der Waals surface area contributed by atoms with Crippen molar-refractivity contribution in [3.8, 4) is 0 Å². The molecule has 1 N–H and O–H groups in total. The fraction of sp³-hybridized carbons (Fsp3) is 0.600. The molecule has 1 aromatic heterocycles. The van der Waals surface area contributed by atoms with Crippen LogP contribution in [0.2, 0.25) is 5.15 Å². The summed E-state index contributed by atoms with van der Waals surface area (Å²) < 4.78 is 0. The van der Waals surface area contributed by atoms with Crippen LogP contribution < -0.4 is 4.90 Å². The maximum atomic E-state index is 8.99. The summed E-state index contributed by atoms with van der Waals surface area (Å²) in [5.74, 6) is 0.791. The molecule has 0 aliphatic rings. The number of aliphatic hydroxyl groups excluding tert-OH is 1. The molecule has 0 unspecified atom stereocenters. The zero-order valence-electron chi connectivity index (χ0n) is 9.24. The molecule has 84 valence electrons. The molecular weight excluding hydrogens is 214 g/mol. The Morgan fingerprint density at radius 1 is 1.47 bits per heavy atom. The molecule has 5 heteroatoms. The first kappa shape index (κ1) is 12.2. The Bertz CT molecular complexity index is 330. The van der Waals surface area contributed by atoms with Crippen molar-refractivity contribution in [2.75, 3.05) is 18.1 Å². The topological polar surface area (TPSA) is 49.2 Å². The Labute approximate surface area is 94.9 Å². The Morgan fingerprint density at radius 3 is 2.67 bits per heavy atom. The van der Waals surface area contributed by atoms with Crippen molar-refractivity contribution in [3.05, 3.63) is 17.0 Å². The Hall–Kier alpha value is -0.870. The van der Waals surface area contributed by atoms with Crippen LogP contribution in [0.3, 0.4) is 0 Å². The lowest BCUT2D eigenvalue weighted by Crippen LogP contribution is -2.34. The molecule has 0 saturated carbocycles. The molecule has 0 aliphatic heterocycles. The zero-order chi connectivity index (χ0) is 11.4. The molecule has 1 heterocycles. The number of aromatic nitrogens is 2. The first-order valence-corrected chi connectivity index (χ1v) is 5.30. The van der Waals surface area contributed by atoms with Crippen molar-refractivity contribution in [2.45, 2.75) is 26.8 Å². The van der Waals surface area contributed by atoms with E-state index in [1.807, 2.05) is 25.7 Å². The van der Waals surface area contributed by atoms with Gasteiger partial charge in [-0.1, -0.05) is 11.6 Å². The zero-order valence-corrected chi connectivity index (χ0v) is 9.99. The van der Waals surface area contributed by atoms with E-state index in [4.69, 9.17) is 16.7 Å². The standard InChI is InChI=1S/C10H16ClN3O/c1-7(2)14(4-5-15)10-8(3)9(11)12-6-13-10/h6-7,15H,4-5H2,1-3H3. The highest BCUT2D eigenvalue weighted by molar-refractivity contribution is 6.30. The number of nitrogens with zero attached hydrogens (tertiary/aromatic N) is 3. The third-order valence-corrected chi connectivity index (χ3v) is 2.61. The Kier molecular flexibility index (Phi) is 4.29. The fourth-order valence-corrected chi connectivity index (χ4v) is 1.55. The number of rotatable bonds is 4. The predicted octanol–water partition coefficient (Wildman–Crippen LogP) is 1.65. The second-order valence-electron chi connectivity index (χ2n) is 3.62. The summed E-state index contributed by atoms with van der Waals surface area (Å²) >= 11 is 5.92. The lowest BCUT2D eigenvalue weighted by atomic mass is 10.2. The molecule has 0 atom stereocenters. The molecule has 0 fully saturated rings. The largest absolute Gasteiger partial charge is 0.395 e. The molecule has 0 aliphatic carbocycles. The SMILES string of the molecule is Cc1c(Cl)ncnc1N(CCO)C(C)C. The fourth-order valence-electron chi connectivity index (χ4n) is 1.43. The van der Waals surface area contributed by atoms with E-state index in [9.17, 15) is 0 Å². The third-order valence-electron chi connectivity index (χ3n) is 2.23. The summed E-state index contributed by atoms with van der Waals surface area (Å²) in [7, 11) is 0. The average molecular weight is 230 g/mol. The van der Waals surface area contributed by atoms with Crippen LogP contribution in [0.25, 0.3) is 0 Å². The van der Waals surface area contributed by atoms with Gasteiger partial charge in [-0.05, 0) is 20.8 Å². The maximum Gasteiger partial charge on any atom is 0.137 e. The van der Waals surface area contributed by atoms with Gasteiger partial charge in [0.2, 0.25) is 0 Å². The van der Waals surface area contributed by atoms with E-state index in [0.29, 0.717) is 11.7 Å². The lowest BCUT2D eigenvalue weighted by molar-refractivity contribution is 0.298. The van der Waals surface area contributed by atoms with Gasteiger partial charge in [0.15, 0.2) is 0 Å². The van der Waals surface area contributed by atoms with Crippen molar-refractivity contribution in [1.82, 2.24) is 9.97 Å². The monoisotopic (exact) mass is 229 g/mol. The van der Waals surface area contributed by atoms with Crippen LogP contribution in [0, 0.1) is 6.92 Å². The molecule has 0 aromatic carbocycles. The van der Waals surface area contributed by atoms with Crippen LogP contribution >= 0.6 is 11.6 Å². The van der Waals surface area contributed by atoms with Crippen molar-refractivity contribution >= 4 is 17.4 Å². The van der Waals surface area contributed by atoms with Gasteiger partial charge >= 0.3 is 0 Å². The van der Waals surface area contributed by atoms with Gasteiger partial charge in [0.25, 0.3) is 0 Å². The molecule has 0 radical (unpaired) electrons. The molecule has 1 rings (SSSR count). The minimum absolute atomic E-state index is 0.0965. The van der Waals surface area contributed by atoms with Crippen LogP contribution in [0.5, 0.6) is 0 Å². The lowest BCUT2D eigenvalue weighted by Gasteiger charge is -2.28. The van der Waals surface area contributed by atoms with Gasteiger partial charge < -0.3 is 10.0 Å². The number of hydrogen-bond donors (Lipinski definition) is 1. The average Bonchev–Trinajstić information content (AvgIpc) is 2.19. The molecule has 0 amide bonds. The van der Waals surface area contributed by atoms with E-state index in [1.54, 1.807) is 0 Å². The van der Waals surface area contributed by atoms with Crippen molar-refractivity contribution in [2.24, 2.45) is 0 Å². The highest BCUT2D eigenvalue weighted by Gasteiger charge is 2.15. The summed E-state index contributed by atoms with van der Waals surface area (Å²) in [6.07, 6.45) is 1.44. The first-order valence-electron chi connectivity index (χ1n) is 4.92. The summed E-state index contributed by atoms with van der Waals surface area (Å²) in [6.45, 7) is 6.62. The van der Waals surface area contributed by atoms with E-state index in [1.165, 1.54) is 6.33 Å². The highest BCUT2D eigenvalue weighted by Crippen LogP contribution is 2.23. The normalized spacial score (nSPS) is 10.8. The summed E-state index contributed by atoms with van der Waals surface area (Å²) in [4.78, 5) is 10.1. The summed E-state index contributed by atoms with van der Waals surface area (Å²) in [5.41, 5.74) is 0.848. The minimum atomic E-state index is 0.0965. The summed E-state index contributed by atoms with van der Waals surface area (Å²) in [5, 5.41) is 9.45. The van der Waals surface area contributed by atoms with Crippen LogP contribution in [-0.2, 0) is 0 Å². The maximum absolute atomic E-state index is 8.99. The van der Waals surface area contributed by atoms with Gasteiger partial charge in [-0.3, -0.25) is 0 Å². The molecular formula is C10H16ClN3O. The molecule has 1 aromatic rings. The quantitative estimate of drug-likeness (QED) is 0.798. The molecule has 4 nitrogen and oxygen atoms in total. The van der Waals surface area contributed by atoms with Gasteiger partial charge in [0.1, 0.15) is 17.3 Å². The van der Waals surface area contributed by atoms with Gasteiger partial charge in [-0.15, -0.1) is 0 Å². The summed E-state index contributed by atoms with van der Waals surface area (Å²) in [6, 6.07) is 0.266. The van der Waals surface area contributed by atoms with E-state index in [-0.39, 0.29) is 12.6 Å². The van der Waals surface area contributed by atoms with Crippen molar-refractivity contribution in [3.63, 3.8) is 0 Å². The van der Waals surface area contributed by atoms with Crippen molar-refractivity contribution < 1.29 is 5.11 Å².